The van der Waals surface area contributed by atoms with Crippen LogP contribution in [0.5, 0.6) is 0 Å². The first-order valence-corrected chi connectivity index (χ1v) is 7.08. The van der Waals surface area contributed by atoms with Gasteiger partial charge in [0.2, 0.25) is 0 Å². The van der Waals surface area contributed by atoms with E-state index in [0.29, 0.717) is 5.76 Å². The average molecular weight is 332 g/mol. The van der Waals surface area contributed by atoms with Crippen molar-refractivity contribution in [2.45, 2.75) is 19.9 Å². The van der Waals surface area contributed by atoms with Crippen molar-refractivity contribution in [1.29, 1.82) is 0 Å². The highest BCUT2D eigenvalue weighted by Gasteiger charge is 2.18. The first-order valence-electron chi connectivity index (χ1n) is 6.29. The van der Waals surface area contributed by atoms with Crippen LogP contribution in [-0.4, -0.2) is 9.97 Å². The molecule has 2 heterocycles. The Balaban J connectivity index is 2.11. The van der Waals surface area contributed by atoms with Crippen molar-refractivity contribution in [3.05, 3.63) is 57.8 Å². The number of hydrogen-bond acceptors (Lipinski definition) is 4. The van der Waals surface area contributed by atoms with Crippen molar-refractivity contribution in [2.24, 2.45) is 5.73 Å². The maximum absolute atomic E-state index is 6.26. The van der Waals surface area contributed by atoms with E-state index in [1.807, 2.05) is 32.0 Å². The van der Waals surface area contributed by atoms with Gasteiger partial charge in [-0.3, -0.25) is 9.97 Å². The van der Waals surface area contributed by atoms with Gasteiger partial charge in [-0.15, -0.1) is 0 Å². The SMILES string of the molecule is Cc1nccnc1C(N)c1cc2cc(Br)cc(C)c2o1. The molecule has 102 valence electrons. The number of nitrogens with zero attached hydrogens (tertiary/aromatic N) is 2. The van der Waals surface area contributed by atoms with Crippen molar-refractivity contribution < 1.29 is 4.42 Å². The fourth-order valence-corrected chi connectivity index (χ4v) is 2.90. The van der Waals surface area contributed by atoms with E-state index < -0.39 is 6.04 Å². The molecule has 0 aliphatic rings. The monoisotopic (exact) mass is 331 g/mol. The highest BCUT2D eigenvalue weighted by Crippen LogP contribution is 2.30. The number of rotatable bonds is 2. The lowest BCUT2D eigenvalue weighted by Gasteiger charge is -2.09. The van der Waals surface area contributed by atoms with Gasteiger partial charge in [-0.25, -0.2) is 0 Å². The van der Waals surface area contributed by atoms with Crippen LogP contribution in [-0.2, 0) is 0 Å². The van der Waals surface area contributed by atoms with E-state index in [-0.39, 0.29) is 0 Å². The summed E-state index contributed by atoms with van der Waals surface area (Å²) in [7, 11) is 0. The van der Waals surface area contributed by atoms with Gasteiger partial charge in [0.25, 0.3) is 0 Å². The summed E-state index contributed by atoms with van der Waals surface area (Å²) < 4.78 is 6.94. The standard InChI is InChI=1S/C15H14BrN3O/c1-8-5-11(16)6-10-7-12(20-15(8)10)13(17)14-9(2)18-3-4-19-14/h3-7,13H,17H2,1-2H3. The lowest BCUT2D eigenvalue weighted by Crippen LogP contribution is -2.14. The van der Waals surface area contributed by atoms with Gasteiger partial charge >= 0.3 is 0 Å². The molecule has 0 fully saturated rings. The Morgan fingerprint density at radius 2 is 1.90 bits per heavy atom. The lowest BCUT2D eigenvalue weighted by molar-refractivity contribution is 0.517. The van der Waals surface area contributed by atoms with Gasteiger partial charge in [0.05, 0.1) is 11.4 Å². The van der Waals surface area contributed by atoms with E-state index in [2.05, 4.69) is 25.9 Å². The minimum Gasteiger partial charge on any atom is -0.459 e. The van der Waals surface area contributed by atoms with Gasteiger partial charge in [0.1, 0.15) is 17.4 Å². The van der Waals surface area contributed by atoms with Crippen LogP contribution in [0.1, 0.15) is 28.8 Å². The molecule has 2 N–H and O–H groups in total. The molecule has 0 aliphatic heterocycles. The zero-order chi connectivity index (χ0) is 14.3. The molecule has 0 aliphatic carbocycles. The van der Waals surface area contributed by atoms with E-state index in [1.165, 1.54) is 0 Å². The van der Waals surface area contributed by atoms with E-state index in [9.17, 15) is 0 Å². The van der Waals surface area contributed by atoms with Gasteiger partial charge in [0.15, 0.2) is 0 Å². The van der Waals surface area contributed by atoms with Crippen LogP contribution in [0.2, 0.25) is 0 Å². The van der Waals surface area contributed by atoms with Crippen LogP contribution in [0.4, 0.5) is 0 Å². The van der Waals surface area contributed by atoms with Crippen LogP contribution in [0.25, 0.3) is 11.0 Å². The van der Waals surface area contributed by atoms with Crippen molar-refractivity contribution >= 4 is 26.9 Å². The number of benzene rings is 1. The molecule has 1 atom stereocenters. The number of furan rings is 1. The lowest BCUT2D eigenvalue weighted by atomic mass is 10.1. The summed E-state index contributed by atoms with van der Waals surface area (Å²) in [5, 5.41) is 1.03. The Hall–Kier alpha value is -1.72. The van der Waals surface area contributed by atoms with Crippen molar-refractivity contribution in [3.8, 4) is 0 Å². The minimum absolute atomic E-state index is 0.408. The summed E-state index contributed by atoms with van der Waals surface area (Å²) in [4.78, 5) is 8.53. The first-order chi connectivity index (χ1) is 9.56. The van der Waals surface area contributed by atoms with Crippen LogP contribution in [0, 0.1) is 13.8 Å². The Bertz CT molecular complexity index is 782. The molecule has 0 spiro atoms. The summed E-state index contributed by atoms with van der Waals surface area (Å²) in [6.07, 6.45) is 3.30. The normalized spacial score (nSPS) is 12.8. The third kappa shape index (κ3) is 2.23. The van der Waals surface area contributed by atoms with Crippen molar-refractivity contribution in [2.75, 3.05) is 0 Å². The second-order valence-electron chi connectivity index (χ2n) is 4.79. The van der Waals surface area contributed by atoms with E-state index in [4.69, 9.17) is 10.2 Å². The molecule has 5 heteroatoms. The number of fused-ring (bicyclic) bond motifs is 1. The zero-order valence-corrected chi connectivity index (χ0v) is 12.8. The van der Waals surface area contributed by atoms with Crippen LogP contribution < -0.4 is 5.73 Å². The molecule has 1 aromatic carbocycles. The highest BCUT2D eigenvalue weighted by atomic mass is 79.9. The third-order valence-electron chi connectivity index (χ3n) is 3.31. The van der Waals surface area contributed by atoms with Gasteiger partial charge in [-0.2, -0.15) is 0 Å². The van der Waals surface area contributed by atoms with Gasteiger partial charge in [0, 0.05) is 22.3 Å². The fourth-order valence-electron chi connectivity index (χ4n) is 2.31. The van der Waals surface area contributed by atoms with Crippen LogP contribution >= 0.6 is 15.9 Å². The van der Waals surface area contributed by atoms with E-state index >= 15 is 0 Å². The molecule has 20 heavy (non-hydrogen) atoms. The number of aromatic nitrogens is 2. The van der Waals surface area contributed by atoms with Crippen LogP contribution in [0.3, 0.4) is 0 Å². The summed E-state index contributed by atoms with van der Waals surface area (Å²) in [6.45, 7) is 3.91. The molecule has 0 saturated heterocycles. The largest absolute Gasteiger partial charge is 0.459 e. The molecule has 0 bridgehead atoms. The predicted molar refractivity (Wildman–Crippen MR) is 81.5 cm³/mol. The summed E-state index contributed by atoms with van der Waals surface area (Å²) >= 11 is 3.49. The number of hydrogen-bond donors (Lipinski definition) is 1. The van der Waals surface area contributed by atoms with Gasteiger partial charge in [-0.1, -0.05) is 15.9 Å². The number of nitrogens with two attached hydrogens (primary N) is 1. The Morgan fingerprint density at radius 1 is 1.15 bits per heavy atom. The molecule has 0 radical (unpaired) electrons. The smallest absolute Gasteiger partial charge is 0.137 e. The fraction of sp³-hybridized carbons (Fsp3) is 0.200. The summed E-state index contributed by atoms with van der Waals surface area (Å²) in [5.74, 6) is 0.699. The third-order valence-corrected chi connectivity index (χ3v) is 3.76. The number of aryl methyl sites for hydroxylation is 2. The molecular weight excluding hydrogens is 318 g/mol. The van der Waals surface area contributed by atoms with E-state index in [0.717, 1.165) is 32.4 Å². The van der Waals surface area contributed by atoms with E-state index in [1.54, 1.807) is 12.4 Å². The topological polar surface area (TPSA) is 64.9 Å². The maximum Gasteiger partial charge on any atom is 0.137 e. The molecule has 3 rings (SSSR count). The predicted octanol–water partition coefficient (Wildman–Crippen LogP) is 3.65. The van der Waals surface area contributed by atoms with Crippen LogP contribution in [0.15, 0.2) is 39.5 Å². The minimum atomic E-state index is -0.408. The second-order valence-corrected chi connectivity index (χ2v) is 5.71. The Morgan fingerprint density at radius 3 is 2.65 bits per heavy atom. The summed E-state index contributed by atoms with van der Waals surface area (Å²) in [5.41, 5.74) is 9.75. The van der Waals surface area contributed by atoms with Crippen molar-refractivity contribution in [3.63, 3.8) is 0 Å². The molecule has 2 aromatic heterocycles. The first kappa shape index (κ1) is 13.3. The molecular formula is C15H14BrN3O. The van der Waals surface area contributed by atoms with Gasteiger partial charge in [-0.05, 0) is 37.6 Å². The Labute approximate surface area is 125 Å². The summed E-state index contributed by atoms with van der Waals surface area (Å²) in [6, 6.07) is 5.60. The molecule has 4 nitrogen and oxygen atoms in total. The highest BCUT2D eigenvalue weighted by molar-refractivity contribution is 9.10. The molecule has 1 unspecified atom stereocenters. The second kappa shape index (κ2) is 5.00. The maximum atomic E-state index is 6.26. The van der Waals surface area contributed by atoms with Crippen molar-refractivity contribution in [1.82, 2.24) is 9.97 Å². The average Bonchev–Trinajstić information content (AvgIpc) is 2.82. The zero-order valence-electron chi connectivity index (χ0n) is 11.2. The quantitative estimate of drug-likeness (QED) is 0.778. The molecule has 0 amide bonds. The molecule has 3 aromatic rings. The molecule has 0 saturated carbocycles. The number of halogens is 1. The van der Waals surface area contributed by atoms with Gasteiger partial charge < -0.3 is 10.2 Å². The Kier molecular flexibility index (Phi) is 3.31.